The number of rotatable bonds is 5. The SMILES string of the molecule is O=C(O)CC1(CNC(=O)C2CCNCC2)CCC1. The van der Waals surface area contributed by atoms with E-state index in [1.165, 1.54) is 0 Å². The molecule has 0 aromatic heterocycles. The zero-order chi connectivity index (χ0) is 13.0. The van der Waals surface area contributed by atoms with Crippen LogP contribution in [0.25, 0.3) is 0 Å². The Hall–Kier alpha value is -1.10. The summed E-state index contributed by atoms with van der Waals surface area (Å²) in [6.45, 7) is 2.33. The zero-order valence-corrected chi connectivity index (χ0v) is 10.7. The second-order valence-electron chi connectivity index (χ2n) is 5.67. The molecule has 5 heteroatoms. The number of carbonyl (C=O) groups is 2. The molecule has 2 aliphatic rings. The van der Waals surface area contributed by atoms with Gasteiger partial charge < -0.3 is 15.7 Å². The molecule has 1 saturated heterocycles. The fraction of sp³-hybridized carbons (Fsp3) is 0.846. The minimum Gasteiger partial charge on any atom is -0.481 e. The van der Waals surface area contributed by atoms with E-state index in [9.17, 15) is 9.59 Å². The standard InChI is InChI=1S/C13H22N2O3/c16-11(17)8-13(4-1-5-13)9-15-12(18)10-2-6-14-7-3-10/h10,14H,1-9H2,(H,15,18)(H,16,17). The van der Waals surface area contributed by atoms with Crippen LogP contribution in [-0.2, 0) is 9.59 Å². The van der Waals surface area contributed by atoms with E-state index in [1.54, 1.807) is 0 Å². The molecule has 0 bridgehead atoms. The van der Waals surface area contributed by atoms with Gasteiger partial charge in [0.25, 0.3) is 0 Å². The van der Waals surface area contributed by atoms with Gasteiger partial charge in [-0.2, -0.15) is 0 Å². The van der Waals surface area contributed by atoms with Gasteiger partial charge in [-0.3, -0.25) is 9.59 Å². The van der Waals surface area contributed by atoms with Crippen molar-refractivity contribution >= 4 is 11.9 Å². The summed E-state index contributed by atoms with van der Waals surface area (Å²) in [4.78, 5) is 22.8. The number of carbonyl (C=O) groups excluding carboxylic acids is 1. The van der Waals surface area contributed by atoms with E-state index in [2.05, 4.69) is 10.6 Å². The van der Waals surface area contributed by atoms with E-state index < -0.39 is 5.97 Å². The zero-order valence-electron chi connectivity index (χ0n) is 10.7. The van der Waals surface area contributed by atoms with Crippen molar-refractivity contribution in [3.8, 4) is 0 Å². The summed E-state index contributed by atoms with van der Waals surface area (Å²) in [6, 6.07) is 0. The highest BCUT2D eigenvalue weighted by Crippen LogP contribution is 2.43. The molecular formula is C13H22N2O3. The van der Waals surface area contributed by atoms with Crippen LogP contribution in [0.1, 0.15) is 38.5 Å². The van der Waals surface area contributed by atoms with Crippen LogP contribution in [0.15, 0.2) is 0 Å². The van der Waals surface area contributed by atoms with E-state index in [0.29, 0.717) is 6.54 Å². The lowest BCUT2D eigenvalue weighted by Crippen LogP contribution is -2.46. The summed E-state index contributed by atoms with van der Waals surface area (Å²) in [7, 11) is 0. The Morgan fingerprint density at radius 2 is 1.94 bits per heavy atom. The normalized spacial score (nSPS) is 23.1. The van der Waals surface area contributed by atoms with Crippen LogP contribution < -0.4 is 10.6 Å². The van der Waals surface area contributed by atoms with Gasteiger partial charge in [0.15, 0.2) is 0 Å². The largest absolute Gasteiger partial charge is 0.481 e. The Labute approximate surface area is 107 Å². The highest BCUT2D eigenvalue weighted by atomic mass is 16.4. The molecule has 2 rings (SSSR count). The van der Waals surface area contributed by atoms with E-state index >= 15 is 0 Å². The van der Waals surface area contributed by atoms with Crippen molar-refractivity contribution in [3.05, 3.63) is 0 Å². The van der Waals surface area contributed by atoms with Crippen LogP contribution in [0.2, 0.25) is 0 Å². The quantitative estimate of drug-likeness (QED) is 0.676. The van der Waals surface area contributed by atoms with Crippen LogP contribution in [0.3, 0.4) is 0 Å². The maximum Gasteiger partial charge on any atom is 0.303 e. The lowest BCUT2D eigenvalue weighted by molar-refractivity contribution is -0.142. The summed E-state index contributed by atoms with van der Waals surface area (Å²) in [5.41, 5.74) is -0.172. The highest BCUT2D eigenvalue weighted by Gasteiger charge is 2.39. The van der Waals surface area contributed by atoms with Gasteiger partial charge in [-0.15, -0.1) is 0 Å². The molecule has 0 unspecified atom stereocenters. The molecule has 5 nitrogen and oxygen atoms in total. The molecule has 0 aromatic rings. The number of carboxylic acid groups (broad SMARTS) is 1. The van der Waals surface area contributed by atoms with Crippen LogP contribution in [0.5, 0.6) is 0 Å². The second kappa shape index (κ2) is 5.69. The number of nitrogens with one attached hydrogen (secondary N) is 2. The second-order valence-corrected chi connectivity index (χ2v) is 5.67. The highest BCUT2D eigenvalue weighted by molar-refractivity contribution is 5.79. The van der Waals surface area contributed by atoms with Crippen molar-refractivity contribution in [2.75, 3.05) is 19.6 Å². The van der Waals surface area contributed by atoms with Crippen molar-refractivity contribution in [3.63, 3.8) is 0 Å². The first-order valence-electron chi connectivity index (χ1n) is 6.82. The minimum atomic E-state index is -0.759. The summed E-state index contributed by atoms with van der Waals surface area (Å²) >= 11 is 0. The molecule has 1 heterocycles. The third-order valence-electron chi connectivity index (χ3n) is 4.29. The summed E-state index contributed by atoms with van der Waals surface area (Å²) < 4.78 is 0. The molecule has 18 heavy (non-hydrogen) atoms. The number of hydrogen-bond acceptors (Lipinski definition) is 3. The van der Waals surface area contributed by atoms with Crippen molar-refractivity contribution in [2.45, 2.75) is 38.5 Å². The van der Waals surface area contributed by atoms with Crippen LogP contribution in [0.4, 0.5) is 0 Å². The van der Waals surface area contributed by atoms with E-state index in [0.717, 1.165) is 45.2 Å². The van der Waals surface area contributed by atoms with Crippen LogP contribution >= 0.6 is 0 Å². The fourth-order valence-corrected chi connectivity index (χ4v) is 2.92. The summed E-state index contributed by atoms with van der Waals surface area (Å²) in [5.74, 6) is -0.549. The topological polar surface area (TPSA) is 78.4 Å². The minimum absolute atomic E-state index is 0.105. The Kier molecular flexibility index (Phi) is 4.22. The number of aliphatic carboxylic acids is 1. The number of piperidine rings is 1. The average molecular weight is 254 g/mol. The Morgan fingerprint density at radius 1 is 1.28 bits per heavy atom. The molecule has 1 aliphatic heterocycles. The number of carboxylic acids is 1. The van der Waals surface area contributed by atoms with Crippen molar-refractivity contribution in [2.24, 2.45) is 11.3 Å². The van der Waals surface area contributed by atoms with Gasteiger partial charge in [-0.1, -0.05) is 6.42 Å². The lowest BCUT2D eigenvalue weighted by Gasteiger charge is -2.41. The molecule has 3 N–H and O–H groups in total. The predicted molar refractivity (Wildman–Crippen MR) is 67.1 cm³/mol. The predicted octanol–water partition coefficient (Wildman–Crippen LogP) is 0.747. The van der Waals surface area contributed by atoms with Gasteiger partial charge >= 0.3 is 5.97 Å². The van der Waals surface area contributed by atoms with Crippen LogP contribution in [-0.4, -0.2) is 36.6 Å². The summed E-state index contributed by atoms with van der Waals surface area (Å²) in [6.07, 6.45) is 4.88. The molecule has 0 radical (unpaired) electrons. The average Bonchev–Trinajstić information content (AvgIpc) is 2.32. The third kappa shape index (κ3) is 3.22. The first-order valence-corrected chi connectivity index (χ1v) is 6.82. The first kappa shape index (κ1) is 13.3. The van der Waals surface area contributed by atoms with Gasteiger partial charge in [0.1, 0.15) is 0 Å². The third-order valence-corrected chi connectivity index (χ3v) is 4.29. The molecule has 1 amide bonds. The molecule has 0 atom stereocenters. The van der Waals surface area contributed by atoms with E-state index in [1.807, 2.05) is 0 Å². The lowest BCUT2D eigenvalue weighted by atomic mass is 9.66. The molecule has 0 aromatic carbocycles. The molecule has 0 spiro atoms. The first-order chi connectivity index (χ1) is 8.61. The van der Waals surface area contributed by atoms with Crippen molar-refractivity contribution in [1.82, 2.24) is 10.6 Å². The van der Waals surface area contributed by atoms with Crippen molar-refractivity contribution in [1.29, 1.82) is 0 Å². The Morgan fingerprint density at radius 3 is 2.44 bits per heavy atom. The molecule has 102 valence electrons. The smallest absolute Gasteiger partial charge is 0.303 e. The van der Waals surface area contributed by atoms with Gasteiger partial charge in [-0.05, 0) is 44.2 Å². The maximum atomic E-state index is 12.0. The van der Waals surface area contributed by atoms with E-state index in [-0.39, 0.29) is 23.7 Å². The maximum absolute atomic E-state index is 12.0. The molecule has 1 saturated carbocycles. The monoisotopic (exact) mass is 254 g/mol. The Bertz CT molecular complexity index is 320. The number of hydrogen-bond donors (Lipinski definition) is 3. The molecule has 1 aliphatic carbocycles. The van der Waals surface area contributed by atoms with Gasteiger partial charge in [-0.25, -0.2) is 0 Å². The van der Waals surface area contributed by atoms with Gasteiger partial charge in [0.2, 0.25) is 5.91 Å². The Balaban J connectivity index is 1.78. The van der Waals surface area contributed by atoms with E-state index in [4.69, 9.17) is 5.11 Å². The molecular weight excluding hydrogens is 232 g/mol. The summed E-state index contributed by atoms with van der Waals surface area (Å²) in [5, 5.41) is 15.1. The van der Waals surface area contributed by atoms with Crippen LogP contribution in [0, 0.1) is 11.3 Å². The van der Waals surface area contributed by atoms with Crippen molar-refractivity contribution < 1.29 is 14.7 Å². The fourth-order valence-electron chi connectivity index (χ4n) is 2.92. The van der Waals surface area contributed by atoms with Gasteiger partial charge in [0.05, 0.1) is 6.42 Å². The molecule has 2 fully saturated rings. The number of amides is 1. The van der Waals surface area contributed by atoms with Gasteiger partial charge in [0, 0.05) is 12.5 Å².